The van der Waals surface area contributed by atoms with Crippen molar-refractivity contribution in [2.45, 2.75) is 18.9 Å². The summed E-state index contributed by atoms with van der Waals surface area (Å²) in [6, 6.07) is 9.08. The van der Waals surface area contributed by atoms with Crippen molar-refractivity contribution >= 4 is 0 Å². The van der Waals surface area contributed by atoms with E-state index in [0.29, 0.717) is 29.6 Å². The second kappa shape index (κ2) is 6.61. The molecule has 4 heterocycles. The van der Waals surface area contributed by atoms with Gasteiger partial charge in [0.05, 0.1) is 0 Å². The van der Waals surface area contributed by atoms with E-state index >= 15 is 0 Å². The second-order valence-corrected chi connectivity index (χ2v) is 5.88. The first-order valence-electron chi connectivity index (χ1n) is 8.11. The molecular formula is C18H13N7O. The van der Waals surface area contributed by atoms with Crippen LogP contribution in [0.5, 0.6) is 0 Å². The van der Waals surface area contributed by atoms with Crippen molar-refractivity contribution < 1.29 is 4.52 Å². The summed E-state index contributed by atoms with van der Waals surface area (Å²) in [6.45, 7) is 0.710. The molecule has 8 nitrogen and oxygen atoms in total. The van der Waals surface area contributed by atoms with Crippen LogP contribution in [-0.2, 0) is 0 Å². The molecular weight excluding hydrogens is 330 g/mol. The maximum absolute atomic E-state index is 9.18. The zero-order chi connectivity index (χ0) is 17.9. The summed E-state index contributed by atoms with van der Waals surface area (Å²) < 4.78 is 5.37. The minimum Gasteiger partial charge on any atom is -0.332 e. The van der Waals surface area contributed by atoms with Crippen LogP contribution in [0.4, 0.5) is 0 Å². The predicted octanol–water partition coefficient (Wildman–Crippen LogP) is 2.68. The quantitative estimate of drug-likeness (QED) is 0.666. The Kier molecular flexibility index (Phi) is 4.00. The first-order valence-corrected chi connectivity index (χ1v) is 8.11. The van der Waals surface area contributed by atoms with Crippen molar-refractivity contribution in [3.8, 4) is 35.0 Å². The van der Waals surface area contributed by atoms with Crippen LogP contribution in [0.2, 0.25) is 0 Å². The third kappa shape index (κ3) is 2.85. The summed E-state index contributed by atoms with van der Waals surface area (Å²) in [5.41, 5.74) is 2.61. The Bertz CT molecular complexity index is 1030. The average Bonchev–Trinajstić information content (AvgIpc) is 3.37. The monoisotopic (exact) mass is 343 g/mol. The van der Waals surface area contributed by atoms with E-state index in [9.17, 15) is 5.26 Å². The van der Waals surface area contributed by atoms with Crippen LogP contribution in [0.25, 0.3) is 22.7 Å². The third-order valence-corrected chi connectivity index (χ3v) is 4.31. The number of likely N-dealkylation sites (tertiary alicyclic amines) is 1. The highest BCUT2D eigenvalue weighted by molar-refractivity contribution is 5.68. The number of nitrogens with zero attached hydrogens (tertiary/aromatic N) is 7. The van der Waals surface area contributed by atoms with Crippen LogP contribution >= 0.6 is 0 Å². The molecule has 126 valence electrons. The Morgan fingerprint density at radius 3 is 2.73 bits per heavy atom. The maximum Gasteiger partial charge on any atom is 0.276 e. The molecule has 0 bridgehead atoms. The molecule has 0 radical (unpaired) electrons. The summed E-state index contributed by atoms with van der Waals surface area (Å²) in [7, 11) is 0. The molecule has 1 aliphatic rings. The Labute approximate surface area is 149 Å². The predicted molar refractivity (Wildman–Crippen MR) is 89.8 cm³/mol. The number of rotatable bonds is 3. The molecule has 0 saturated carbocycles. The van der Waals surface area contributed by atoms with Gasteiger partial charge in [0.1, 0.15) is 23.5 Å². The van der Waals surface area contributed by atoms with Gasteiger partial charge in [0.25, 0.3) is 5.89 Å². The largest absolute Gasteiger partial charge is 0.332 e. The smallest absolute Gasteiger partial charge is 0.276 e. The van der Waals surface area contributed by atoms with Crippen LogP contribution in [0, 0.1) is 22.8 Å². The maximum atomic E-state index is 9.18. The number of hydrogen-bond donors (Lipinski definition) is 0. The van der Waals surface area contributed by atoms with E-state index in [4.69, 9.17) is 9.78 Å². The standard InChI is InChI=1S/C18H13N7O/c19-10-14-8-12(3-5-21-14)13-4-6-22-15(9-13)18-23-17(24-26-18)16-2-1-7-25(16)11-20/h3-6,8-9,16H,1-2,7H2/t16-/m0/s1. The molecule has 0 unspecified atom stereocenters. The van der Waals surface area contributed by atoms with Crippen molar-refractivity contribution in [2.24, 2.45) is 0 Å². The van der Waals surface area contributed by atoms with Gasteiger partial charge in [-0.25, -0.2) is 4.98 Å². The lowest BCUT2D eigenvalue weighted by Crippen LogP contribution is -2.17. The summed E-state index contributed by atoms with van der Waals surface area (Å²) in [4.78, 5) is 14.4. The van der Waals surface area contributed by atoms with Crippen molar-refractivity contribution in [3.63, 3.8) is 0 Å². The van der Waals surface area contributed by atoms with Crippen LogP contribution < -0.4 is 0 Å². The molecule has 0 N–H and O–H groups in total. The zero-order valence-corrected chi connectivity index (χ0v) is 13.7. The normalized spacial score (nSPS) is 16.2. The van der Waals surface area contributed by atoms with Gasteiger partial charge in [0.15, 0.2) is 12.0 Å². The van der Waals surface area contributed by atoms with Gasteiger partial charge in [0, 0.05) is 18.9 Å². The summed E-state index contributed by atoms with van der Waals surface area (Å²) in [5.74, 6) is 0.808. The Balaban J connectivity index is 1.65. The lowest BCUT2D eigenvalue weighted by atomic mass is 10.1. The molecule has 3 aromatic rings. The Morgan fingerprint density at radius 1 is 1.12 bits per heavy atom. The van der Waals surface area contributed by atoms with Crippen molar-refractivity contribution in [2.75, 3.05) is 6.54 Å². The van der Waals surface area contributed by atoms with E-state index in [1.165, 1.54) is 0 Å². The highest BCUT2D eigenvalue weighted by Crippen LogP contribution is 2.31. The molecule has 8 heteroatoms. The van der Waals surface area contributed by atoms with E-state index in [1.807, 2.05) is 24.3 Å². The average molecular weight is 343 g/mol. The Morgan fingerprint density at radius 2 is 1.92 bits per heavy atom. The molecule has 1 aliphatic heterocycles. The molecule has 1 fully saturated rings. The van der Waals surface area contributed by atoms with Gasteiger partial charge >= 0.3 is 0 Å². The summed E-state index contributed by atoms with van der Waals surface area (Å²) in [6.07, 6.45) is 7.17. The number of hydrogen-bond acceptors (Lipinski definition) is 8. The minimum atomic E-state index is -0.140. The van der Waals surface area contributed by atoms with Crippen LogP contribution in [0.3, 0.4) is 0 Å². The van der Waals surface area contributed by atoms with Gasteiger partial charge in [-0.1, -0.05) is 5.16 Å². The van der Waals surface area contributed by atoms with Crippen LogP contribution in [-0.4, -0.2) is 31.6 Å². The summed E-state index contributed by atoms with van der Waals surface area (Å²) in [5, 5.41) is 22.2. The number of aromatic nitrogens is 4. The zero-order valence-electron chi connectivity index (χ0n) is 13.7. The molecule has 0 aromatic carbocycles. The first-order chi connectivity index (χ1) is 12.8. The number of nitriles is 2. The molecule has 0 amide bonds. The van der Waals surface area contributed by atoms with Crippen LogP contribution in [0.1, 0.15) is 30.4 Å². The third-order valence-electron chi connectivity index (χ3n) is 4.31. The van der Waals surface area contributed by atoms with Crippen molar-refractivity contribution in [3.05, 3.63) is 48.2 Å². The summed E-state index contributed by atoms with van der Waals surface area (Å²) >= 11 is 0. The van der Waals surface area contributed by atoms with Gasteiger partial charge in [-0.15, -0.1) is 0 Å². The topological polar surface area (TPSA) is 116 Å². The van der Waals surface area contributed by atoms with Gasteiger partial charge in [-0.05, 0) is 48.2 Å². The number of pyridine rings is 2. The minimum absolute atomic E-state index is 0.140. The highest BCUT2D eigenvalue weighted by Gasteiger charge is 2.29. The van der Waals surface area contributed by atoms with E-state index in [-0.39, 0.29) is 6.04 Å². The SMILES string of the molecule is N#Cc1cc(-c2ccnc(-c3nc([C@@H]4CCCN4C#N)no3)c2)ccn1. The van der Waals surface area contributed by atoms with Gasteiger partial charge in [0.2, 0.25) is 0 Å². The molecule has 1 atom stereocenters. The van der Waals surface area contributed by atoms with Crippen LogP contribution in [0.15, 0.2) is 41.2 Å². The van der Waals surface area contributed by atoms with Gasteiger partial charge < -0.3 is 4.52 Å². The molecule has 1 saturated heterocycles. The fourth-order valence-electron chi connectivity index (χ4n) is 3.03. The fraction of sp³-hybridized carbons (Fsp3) is 0.222. The molecule has 4 rings (SSSR count). The van der Waals surface area contributed by atoms with E-state index in [0.717, 1.165) is 24.0 Å². The first kappa shape index (κ1) is 15.7. The van der Waals surface area contributed by atoms with Crippen molar-refractivity contribution in [1.29, 1.82) is 10.5 Å². The van der Waals surface area contributed by atoms with Crippen molar-refractivity contribution in [1.82, 2.24) is 25.0 Å². The molecule has 26 heavy (non-hydrogen) atoms. The molecule has 0 aliphatic carbocycles. The van der Waals surface area contributed by atoms with Gasteiger partial charge in [-0.3, -0.25) is 9.88 Å². The lowest BCUT2D eigenvalue weighted by Gasteiger charge is -2.13. The van der Waals surface area contributed by atoms with Gasteiger partial charge in [-0.2, -0.15) is 15.5 Å². The van der Waals surface area contributed by atoms with E-state index < -0.39 is 0 Å². The fourth-order valence-corrected chi connectivity index (χ4v) is 3.03. The molecule has 3 aromatic heterocycles. The lowest BCUT2D eigenvalue weighted by molar-refractivity contribution is 0.339. The second-order valence-electron chi connectivity index (χ2n) is 5.88. The van der Waals surface area contributed by atoms with E-state index in [1.54, 1.807) is 23.4 Å². The molecule has 0 spiro atoms. The highest BCUT2D eigenvalue weighted by atomic mass is 16.5. The van der Waals surface area contributed by atoms with E-state index in [2.05, 4.69) is 26.3 Å². The Hall–Kier alpha value is -3.78.